The van der Waals surface area contributed by atoms with Crippen LogP contribution in [0.4, 0.5) is 14.5 Å². The lowest BCUT2D eigenvalue weighted by Gasteiger charge is -2.10. The van der Waals surface area contributed by atoms with Crippen LogP contribution in [0.5, 0.6) is 0 Å². The Hall–Kier alpha value is -1.56. The maximum absolute atomic E-state index is 13.5. The number of nitrogens with one attached hydrogen (secondary N) is 1. The fourth-order valence-electron chi connectivity index (χ4n) is 1.60. The molecule has 96 valence electrons. The van der Waals surface area contributed by atoms with Crippen LogP contribution in [0.25, 0.3) is 0 Å². The predicted octanol–water partition coefficient (Wildman–Crippen LogP) is 2.55. The van der Waals surface area contributed by atoms with Crippen molar-refractivity contribution in [2.75, 3.05) is 23.9 Å². The Morgan fingerprint density at radius 1 is 1.39 bits per heavy atom. The SMILES string of the molecule is COC(=O)C1=C(Nc2ccc(F)cc2F)CSC1. The first kappa shape index (κ1) is 12.9. The molecule has 0 saturated carbocycles. The largest absolute Gasteiger partial charge is 0.466 e. The van der Waals surface area contributed by atoms with Gasteiger partial charge < -0.3 is 10.1 Å². The van der Waals surface area contributed by atoms with Crippen molar-refractivity contribution in [3.63, 3.8) is 0 Å². The molecule has 3 nitrogen and oxygen atoms in total. The quantitative estimate of drug-likeness (QED) is 0.857. The highest BCUT2D eigenvalue weighted by Gasteiger charge is 2.22. The number of carbonyl (C=O) groups is 1. The topological polar surface area (TPSA) is 38.3 Å². The Balaban J connectivity index is 2.25. The van der Waals surface area contributed by atoms with Crippen LogP contribution in [0.2, 0.25) is 0 Å². The van der Waals surface area contributed by atoms with Gasteiger partial charge in [-0.05, 0) is 12.1 Å². The number of halogens is 2. The number of esters is 1. The summed E-state index contributed by atoms with van der Waals surface area (Å²) in [5.41, 5.74) is 1.25. The van der Waals surface area contributed by atoms with E-state index in [0.29, 0.717) is 22.8 Å². The van der Waals surface area contributed by atoms with Crippen LogP contribution in [0.1, 0.15) is 0 Å². The molecule has 1 aliphatic rings. The highest BCUT2D eigenvalue weighted by molar-refractivity contribution is 8.00. The fourth-order valence-corrected chi connectivity index (χ4v) is 2.65. The zero-order valence-electron chi connectivity index (χ0n) is 9.63. The monoisotopic (exact) mass is 271 g/mol. The average molecular weight is 271 g/mol. The summed E-state index contributed by atoms with van der Waals surface area (Å²) in [5.74, 6) is -0.659. The van der Waals surface area contributed by atoms with Gasteiger partial charge >= 0.3 is 5.97 Å². The van der Waals surface area contributed by atoms with E-state index in [-0.39, 0.29) is 5.69 Å². The Bertz CT molecular complexity index is 517. The van der Waals surface area contributed by atoms with Crippen molar-refractivity contribution in [3.8, 4) is 0 Å². The summed E-state index contributed by atoms with van der Waals surface area (Å²) in [4.78, 5) is 11.5. The number of hydrogen-bond acceptors (Lipinski definition) is 4. The molecule has 0 aromatic heterocycles. The summed E-state index contributed by atoms with van der Waals surface area (Å²) in [6.45, 7) is 0. The number of anilines is 1. The van der Waals surface area contributed by atoms with Gasteiger partial charge in [0, 0.05) is 23.3 Å². The predicted molar refractivity (Wildman–Crippen MR) is 66.3 cm³/mol. The van der Waals surface area contributed by atoms with Crippen LogP contribution < -0.4 is 5.32 Å². The van der Waals surface area contributed by atoms with Gasteiger partial charge in [-0.15, -0.1) is 0 Å². The van der Waals surface area contributed by atoms with E-state index in [0.717, 1.165) is 12.1 Å². The van der Waals surface area contributed by atoms with Crippen molar-refractivity contribution in [2.45, 2.75) is 0 Å². The van der Waals surface area contributed by atoms with E-state index in [1.54, 1.807) is 0 Å². The van der Waals surface area contributed by atoms with E-state index in [1.807, 2.05) is 0 Å². The van der Waals surface area contributed by atoms with Crippen LogP contribution in [-0.2, 0) is 9.53 Å². The molecule has 1 heterocycles. The van der Waals surface area contributed by atoms with Crippen molar-refractivity contribution >= 4 is 23.4 Å². The minimum Gasteiger partial charge on any atom is -0.466 e. The van der Waals surface area contributed by atoms with Crippen LogP contribution >= 0.6 is 11.8 Å². The molecule has 0 spiro atoms. The maximum Gasteiger partial charge on any atom is 0.336 e. The van der Waals surface area contributed by atoms with E-state index < -0.39 is 17.6 Å². The number of hydrogen-bond donors (Lipinski definition) is 1. The maximum atomic E-state index is 13.5. The van der Waals surface area contributed by atoms with Crippen LogP contribution in [0.15, 0.2) is 29.5 Å². The smallest absolute Gasteiger partial charge is 0.336 e. The second-order valence-electron chi connectivity index (χ2n) is 3.69. The van der Waals surface area contributed by atoms with Gasteiger partial charge in [0.1, 0.15) is 11.6 Å². The number of thioether (sulfide) groups is 1. The first-order chi connectivity index (χ1) is 8.61. The molecule has 0 unspecified atom stereocenters. The number of carbonyl (C=O) groups excluding carboxylic acids is 1. The molecule has 1 aromatic carbocycles. The molecule has 0 radical (unpaired) electrons. The van der Waals surface area contributed by atoms with E-state index in [4.69, 9.17) is 0 Å². The third-order valence-electron chi connectivity index (χ3n) is 2.51. The molecule has 0 bridgehead atoms. The summed E-state index contributed by atoms with van der Waals surface area (Å²) < 4.78 is 30.9. The molecular weight excluding hydrogens is 260 g/mol. The molecule has 0 fully saturated rings. The molecule has 1 N–H and O–H groups in total. The molecule has 6 heteroatoms. The lowest BCUT2D eigenvalue weighted by molar-refractivity contribution is -0.136. The van der Waals surface area contributed by atoms with Gasteiger partial charge in [0.05, 0.1) is 18.4 Å². The third kappa shape index (κ3) is 2.64. The second kappa shape index (κ2) is 5.39. The van der Waals surface area contributed by atoms with Gasteiger partial charge in [-0.1, -0.05) is 0 Å². The van der Waals surface area contributed by atoms with Crippen molar-refractivity contribution in [1.82, 2.24) is 0 Å². The Labute approximate surface area is 107 Å². The zero-order valence-corrected chi connectivity index (χ0v) is 10.4. The van der Waals surface area contributed by atoms with Crippen LogP contribution in [-0.4, -0.2) is 24.6 Å². The third-order valence-corrected chi connectivity index (χ3v) is 3.49. The second-order valence-corrected chi connectivity index (χ2v) is 4.68. The van der Waals surface area contributed by atoms with Crippen LogP contribution in [0, 0.1) is 11.6 Å². The summed E-state index contributed by atoms with van der Waals surface area (Å²) in [5, 5.41) is 2.82. The first-order valence-corrected chi connectivity index (χ1v) is 6.37. The number of methoxy groups -OCH3 is 1. The highest BCUT2D eigenvalue weighted by atomic mass is 32.2. The summed E-state index contributed by atoms with van der Waals surface area (Å²) in [6, 6.07) is 3.25. The number of benzene rings is 1. The molecule has 2 rings (SSSR count). The van der Waals surface area contributed by atoms with Crippen molar-refractivity contribution in [3.05, 3.63) is 41.1 Å². The van der Waals surface area contributed by atoms with Crippen LogP contribution in [0.3, 0.4) is 0 Å². The Morgan fingerprint density at radius 2 is 2.17 bits per heavy atom. The van der Waals surface area contributed by atoms with Crippen molar-refractivity contribution in [1.29, 1.82) is 0 Å². The van der Waals surface area contributed by atoms with Crippen molar-refractivity contribution in [2.24, 2.45) is 0 Å². The molecule has 1 aliphatic heterocycles. The molecule has 1 aromatic rings. The molecule has 18 heavy (non-hydrogen) atoms. The Kier molecular flexibility index (Phi) is 3.86. The molecule has 0 atom stereocenters. The van der Waals surface area contributed by atoms with Gasteiger partial charge in [-0.25, -0.2) is 13.6 Å². The molecule has 0 aliphatic carbocycles. The standard InChI is InChI=1S/C12H11F2NO2S/c1-17-12(16)8-5-18-6-11(8)15-10-3-2-7(13)4-9(10)14/h2-4,15H,5-6H2,1H3. The number of rotatable bonds is 3. The number of ether oxygens (including phenoxy) is 1. The summed E-state index contributed by atoms with van der Waals surface area (Å²) in [7, 11) is 1.30. The van der Waals surface area contributed by atoms with Gasteiger partial charge in [0.25, 0.3) is 0 Å². The fraction of sp³-hybridized carbons (Fsp3) is 0.250. The zero-order chi connectivity index (χ0) is 13.1. The van der Waals surface area contributed by atoms with E-state index in [1.165, 1.54) is 24.9 Å². The summed E-state index contributed by atoms with van der Waals surface area (Å²) >= 11 is 1.53. The van der Waals surface area contributed by atoms with E-state index in [9.17, 15) is 13.6 Å². The Morgan fingerprint density at radius 3 is 2.83 bits per heavy atom. The van der Waals surface area contributed by atoms with Gasteiger partial charge in [-0.3, -0.25) is 0 Å². The average Bonchev–Trinajstić information content (AvgIpc) is 2.80. The minimum atomic E-state index is -0.691. The van der Waals surface area contributed by atoms with Crippen molar-refractivity contribution < 1.29 is 18.3 Å². The first-order valence-electron chi connectivity index (χ1n) is 5.22. The normalized spacial score (nSPS) is 14.8. The van der Waals surface area contributed by atoms with Gasteiger partial charge in [-0.2, -0.15) is 11.8 Å². The lowest BCUT2D eigenvalue weighted by atomic mass is 10.2. The summed E-state index contributed by atoms with van der Waals surface area (Å²) in [6.07, 6.45) is 0. The minimum absolute atomic E-state index is 0.148. The molecule has 0 amide bonds. The van der Waals surface area contributed by atoms with E-state index in [2.05, 4.69) is 10.1 Å². The van der Waals surface area contributed by atoms with Gasteiger partial charge in [0.2, 0.25) is 0 Å². The lowest BCUT2D eigenvalue weighted by Crippen LogP contribution is -2.11. The van der Waals surface area contributed by atoms with Gasteiger partial charge in [0.15, 0.2) is 0 Å². The highest BCUT2D eigenvalue weighted by Crippen LogP contribution is 2.27. The molecule has 0 saturated heterocycles. The molecular formula is C12H11F2NO2S. The van der Waals surface area contributed by atoms with E-state index >= 15 is 0 Å².